The Bertz CT molecular complexity index is 898. The van der Waals surface area contributed by atoms with E-state index in [0.29, 0.717) is 0 Å². The molecule has 4 aromatic rings. The third-order valence-electron chi connectivity index (χ3n) is 3.83. The number of hydrogen-bond donors (Lipinski definition) is 4. The molecule has 0 saturated carbocycles. The summed E-state index contributed by atoms with van der Waals surface area (Å²) in [4.78, 5) is 27.9. The Labute approximate surface area is 171 Å². The van der Waals surface area contributed by atoms with Crippen LogP contribution in [0.2, 0.25) is 0 Å². The van der Waals surface area contributed by atoms with E-state index in [9.17, 15) is 9.59 Å². The monoisotopic (exact) mass is 408 g/mol. The lowest BCUT2D eigenvalue weighted by atomic mass is 10.2. The maximum absolute atomic E-state index is 9.77. The predicted octanol–water partition coefficient (Wildman–Crippen LogP) is 2.35. The van der Waals surface area contributed by atoms with Crippen LogP contribution in [0.4, 0.5) is 0 Å². The lowest BCUT2D eigenvalue weighted by Gasteiger charge is -2.07. The van der Waals surface area contributed by atoms with E-state index in [2.05, 4.69) is 34.2 Å². The number of carbonyl (C=O) groups is 2. The van der Waals surface area contributed by atoms with Gasteiger partial charge in [0, 0.05) is 23.2 Å². The van der Waals surface area contributed by atoms with Crippen molar-refractivity contribution in [3.8, 4) is 0 Å². The minimum Gasteiger partial charge on any atom is -0.479 e. The van der Waals surface area contributed by atoms with Crippen LogP contribution in [0.3, 0.4) is 0 Å². The highest BCUT2D eigenvalue weighted by Crippen LogP contribution is 2.08. The second kappa shape index (κ2) is 11.2. The number of aliphatic hydroxyl groups excluding tert-OH is 2. The molecule has 2 unspecified atom stereocenters. The average molecular weight is 408 g/mol. The van der Waals surface area contributed by atoms with Crippen molar-refractivity contribution in [2.24, 2.45) is 0 Å². The van der Waals surface area contributed by atoms with Gasteiger partial charge < -0.3 is 20.4 Å². The van der Waals surface area contributed by atoms with Gasteiger partial charge in [0.15, 0.2) is 12.2 Å². The number of nitrogens with zero attached hydrogens (tertiary/aromatic N) is 2. The molecule has 0 aliphatic carbocycles. The smallest absolute Gasteiger partial charge is 0.335 e. The maximum atomic E-state index is 9.77. The van der Waals surface area contributed by atoms with Crippen LogP contribution in [0.15, 0.2) is 85.2 Å². The molecule has 8 heteroatoms. The lowest BCUT2D eigenvalue weighted by Crippen LogP contribution is -2.39. The molecule has 0 aliphatic heterocycles. The molecule has 2 aromatic carbocycles. The Morgan fingerprint density at radius 1 is 0.600 bits per heavy atom. The molecule has 0 spiro atoms. The van der Waals surface area contributed by atoms with Crippen molar-refractivity contribution in [1.29, 1.82) is 0 Å². The molecule has 0 fully saturated rings. The zero-order valence-corrected chi connectivity index (χ0v) is 15.7. The van der Waals surface area contributed by atoms with Gasteiger partial charge in [0.05, 0.1) is 11.0 Å². The van der Waals surface area contributed by atoms with E-state index < -0.39 is 24.1 Å². The molecule has 0 radical (unpaired) electrons. The Kier molecular flexibility index (Phi) is 8.37. The van der Waals surface area contributed by atoms with Gasteiger partial charge in [-0.2, -0.15) is 0 Å². The van der Waals surface area contributed by atoms with E-state index in [0.717, 1.165) is 11.0 Å². The molecule has 2 aromatic heterocycles. The summed E-state index contributed by atoms with van der Waals surface area (Å²) in [5.74, 6) is -3.54. The molecule has 2 heterocycles. The van der Waals surface area contributed by atoms with Crippen LogP contribution in [0.25, 0.3) is 21.8 Å². The Morgan fingerprint density at radius 3 is 1.27 bits per heavy atom. The van der Waals surface area contributed by atoms with Crippen molar-refractivity contribution < 1.29 is 30.0 Å². The summed E-state index contributed by atoms with van der Waals surface area (Å²) < 4.78 is 0. The van der Waals surface area contributed by atoms with Gasteiger partial charge >= 0.3 is 11.9 Å². The molecule has 4 rings (SSSR count). The summed E-state index contributed by atoms with van der Waals surface area (Å²) in [6.45, 7) is 0. The molecule has 8 nitrogen and oxygen atoms in total. The van der Waals surface area contributed by atoms with Crippen LogP contribution in [-0.4, -0.2) is 54.5 Å². The summed E-state index contributed by atoms with van der Waals surface area (Å²) in [5, 5.41) is 34.9. The van der Waals surface area contributed by atoms with Crippen LogP contribution in [0.1, 0.15) is 0 Å². The zero-order chi connectivity index (χ0) is 21.9. The fourth-order valence-corrected chi connectivity index (χ4v) is 2.30. The minimum atomic E-state index is -2.27. The number of carboxylic acid groups (broad SMARTS) is 2. The van der Waals surface area contributed by atoms with Crippen molar-refractivity contribution in [3.63, 3.8) is 0 Å². The van der Waals surface area contributed by atoms with Gasteiger partial charge in [-0.25, -0.2) is 9.59 Å². The maximum Gasteiger partial charge on any atom is 0.335 e. The van der Waals surface area contributed by atoms with Crippen LogP contribution >= 0.6 is 0 Å². The quantitative estimate of drug-likeness (QED) is 0.405. The Hall–Kier alpha value is -3.88. The SMILES string of the molecule is O=C(O)C(O)C(O)C(=O)O.c1ccc2ncccc2c1.c1ccc2ncccc2c1. The summed E-state index contributed by atoms with van der Waals surface area (Å²) in [6, 6.07) is 24.2. The first-order valence-electron chi connectivity index (χ1n) is 8.81. The van der Waals surface area contributed by atoms with Crippen LogP contribution in [0, 0.1) is 0 Å². The van der Waals surface area contributed by atoms with Gasteiger partial charge in [0.1, 0.15) is 0 Å². The number of para-hydroxylation sites is 2. The van der Waals surface area contributed by atoms with Crippen molar-refractivity contribution in [2.45, 2.75) is 12.2 Å². The van der Waals surface area contributed by atoms with Crippen LogP contribution in [0.5, 0.6) is 0 Å². The summed E-state index contributed by atoms with van der Waals surface area (Å²) >= 11 is 0. The first kappa shape index (κ1) is 22.4. The second-order valence-electron chi connectivity index (χ2n) is 5.96. The zero-order valence-electron chi connectivity index (χ0n) is 15.7. The molecule has 0 aliphatic rings. The fraction of sp³-hybridized carbons (Fsp3) is 0.0909. The largest absolute Gasteiger partial charge is 0.479 e. The number of aliphatic carboxylic acids is 2. The molecule has 2 atom stereocenters. The van der Waals surface area contributed by atoms with Crippen molar-refractivity contribution >= 4 is 33.7 Å². The standard InChI is InChI=1S/2C9H7N.C4H6O6/c2*1-2-6-9-8(4-1)5-3-7-10-9;5-1(3(7)8)2(6)4(9)10/h2*1-7H;1-2,5-6H,(H,7,8)(H,9,10). The number of aliphatic hydroxyl groups is 2. The summed E-state index contributed by atoms with van der Waals surface area (Å²) in [5.41, 5.74) is 2.12. The normalized spacial score (nSPS) is 11.9. The average Bonchev–Trinajstić information content (AvgIpc) is 2.79. The topological polar surface area (TPSA) is 141 Å². The third kappa shape index (κ3) is 6.62. The van der Waals surface area contributed by atoms with Crippen LogP contribution in [-0.2, 0) is 9.59 Å². The number of hydrogen-bond acceptors (Lipinski definition) is 6. The molecular weight excluding hydrogens is 388 g/mol. The molecule has 4 N–H and O–H groups in total. The highest BCUT2D eigenvalue weighted by atomic mass is 16.4. The Balaban J connectivity index is 0.000000160. The first-order valence-corrected chi connectivity index (χ1v) is 8.81. The van der Waals surface area contributed by atoms with Crippen LogP contribution < -0.4 is 0 Å². The van der Waals surface area contributed by atoms with Gasteiger partial charge in [0.25, 0.3) is 0 Å². The number of benzene rings is 2. The van der Waals surface area contributed by atoms with E-state index in [4.69, 9.17) is 20.4 Å². The molecular formula is C22H20N2O6. The predicted molar refractivity (Wildman–Crippen MR) is 111 cm³/mol. The highest BCUT2D eigenvalue weighted by Gasteiger charge is 2.29. The summed E-state index contributed by atoms with van der Waals surface area (Å²) in [6.07, 6.45) is -0.917. The summed E-state index contributed by atoms with van der Waals surface area (Å²) in [7, 11) is 0. The number of aromatic nitrogens is 2. The Morgan fingerprint density at radius 2 is 0.933 bits per heavy atom. The van der Waals surface area contributed by atoms with Gasteiger partial charge in [0.2, 0.25) is 0 Å². The molecule has 154 valence electrons. The lowest BCUT2D eigenvalue weighted by molar-refractivity contribution is -0.165. The minimum absolute atomic E-state index is 1.06. The molecule has 0 amide bonds. The molecule has 0 saturated heterocycles. The molecule has 30 heavy (non-hydrogen) atoms. The number of rotatable bonds is 3. The van der Waals surface area contributed by atoms with E-state index in [1.807, 2.05) is 60.9 Å². The number of fused-ring (bicyclic) bond motifs is 2. The molecule has 0 bridgehead atoms. The van der Waals surface area contributed by atoms with Gasteiger partial charge in [-0.05, 0) is 24.3 Å². The van der Waals surface area contributed by atoms with Crippen molar-refractivity contribution in [2.75, 3.05) is 0 Å². The van der Waals surface area contributed by atoms with Crippen molar-refractivity contribution in [1.82, 2.24) is 9.97 Å². The number of carboxylic acids is 2. The van der Waals surface area contributed by atoms with Gasteiger partial charge in [-0.3, -0.25) is 9.97 Å². The van der Waals surface area contributed by atoms with E-state index in [1.165, 1.54) is 10.8 Å². The first-order chi connectivity index (χ1) is 14.4. The van der Waals surface area contributed by atoms with Gasteiger partial charge in [-0.15, -0.1) is 0 Å². The van der Waals surface area contributed by atoms with Crippen molar-refractivity contribution in [3.05, 3.63) is 85.2 Å². The highest BCUT2D eigenvalue weighted by molar-refractivity contribution is 5.83. The van der Waals surface area contributed by atoms with Gasteiger partial charge in [-0.1, -0.05) is 48.5 Å². The third-order valence-corrected chi connectivity index (χ3v) is 3.83. The second-order valence-corrected chi connectivity index (χ2v) is 5.96. The van der Waals surface area contributed by atoms with E-state index >= 15 is 0 Å². The fourth-order valence-electron chi connectivity index (χ4n) is 2.30. The number of pyridine rings is 2. The van der Waals surface area contributed by atoms with E-state index in [-0.39, 0.29) is 0 Å². The van der Waals surface area contributed by atoms with E-state index in [1.54, 1.807) is 0 Å².